The summed E-state index contributed by atoms with van der Waals surface area (Å²) in [5.41, 5.74) is 1.14. The fraction of sp³-hybridized carbons (Fsp3) is 0.650. The van der Waals surface area contributed by atoms with Crippen molar-refractivity contribution in [1.29, 1.82) is 0 Å². The Kier molecular flexibility index (Phi) is 5.11. The Bertz CT molecular complexity index is 607. The van der Waals surface area contributed by atoms with Crippen LogP contribution in [0.4, 0.5) is 0 Å². The van der Waals surface area contributed by atoms with Crippen LogP contribution in [0, 0.1) is 0 Å². The average Bonchev–Trinajstić information content (AvgIpc) is 2.63. The first-order valence-electron chi connectivity index (χ1n) is 9.70. The molecule has 1 saturated heterocycles. The average molecular weight is 344 g/mol. The third kappa shape index (κ3) is 4.09. The summed E-state index contributed by atoms with van der Waals surface area (Å²) in [4.78, 5) is 14.5. The van der Waals surface area contributed by atoms with Gasteiger partial charge in [-0.25, -0.2) is 0 Å². The second-order valence-electron chi connectivity index (χ2n) is 7.43. The standard InChI is InChI=1S/C20H28N2O3/c23-20(22-10-8-17(9-11-22)21-16-2-1-3-16)7-5-15-4-6-18-19(14-15)25-13-12-24-18/h4,6,14,16-17,21H,1-3,5,7-13H2. The summed E-state index contributed by atoms with van der Waals surface area (Å²) in [6.07, 6.45) is 7.53. The first kappa shape index (κ1) is 16.7. The number of carbonyl (C=O) groups is 1. The molecule has 1 amide bonds. The van der Waals surface area contributed by atoms with Crippen LogP contribution in [-0.4, -0.2) is 49.2 Å². The quantitative estimate of drug-likeness (QED) is 0.892. The fourth-order valence-electron chi connectivity index (χ4n) is 3.86. The van der Waals surface area contributed by atoms with Gasteiger partial charge in [0.1, 0.15) is 13.2 Å². The van der Waals surface area contributed by atoms with Crippen molar-refractivity contribution >= 4 is 5.91 Å². The van der Waals surface area contributed by atoms with Crippen molar-refractivity contribution in [2.45, 2.75) is 57.0 Å². The van der Waals surface area contributed by atoms with Crippen molar-refractivity contribution in [2.75, 3.05) is 26.3 Å². The van der Waals surface area contributed by atoms with Crippen LogP contribution in [0.5, 0.6) is 11.5 Å². The van der Waals surface area contributed by atoms with Crippen molar-refractivity contribution in [3.8, 4) is 11.5 Å². The Balaban J connectivity index is 1.22. The summed E-state index contributed by atoms with van der Waals surface area (Å²) in [6, 6.07) is 7.34. The minimum absolute atomic E-state index is 0.275. The normalized spacial score (nSPS) is 21.0. The number of fused-ring (bicyclic) bond motifs is 1. The molecular formula is C20H28N2O3. The van der Waals surface area contributed by atoms with Crippen LogP contribution in [0.25, 0.3) is 0 Å². The number of amides is 1. The molecule has 0 atom stereocenters. The first-order chi connectivity index (χ1) is 12.3. The van der Waals surface area contributed by atoms with Crippen molar-refractivity contribution < 1.29 is 14.3 Å². The minimum atomic E-state index is 0.275. The topological polar surface area (TPSA) is 50.8 Å². The largest absolute Gasteiger partial charge is 0.486 e. The van der Waals surface area contributed by atoms with Crippen LogP contribution in [0.15, 0.2) is 18.2 Å². The first-order valence-corrected chi connectivity index (χ1v) is 9.70. The molecule has 1 aromatic rings. The van der Waals surface area contributed by atoms with E-state index in [2.05, 4.69) is 5.32 Å². The zero-order chi connectivity index (χ0) is 17.1. The van der Waals surface area contributed by atoms with Gasteiger partial charge in [-0.3, -0.25) is 4.79 Å². The number of benzene rings is 1. The molecule has 5 heteroatoms. The van der Waals surface area contributed by atoms with E-state index in [0.29, 0.717) is 25.7 Å². The second kappa shape index (κ2) is 7.65. The highest BCUT2D eigenvalue weighted by Gasteiger charge is 2.26. The molecule has 2 aliphatic heterocycles. The number of nitrogens with one attached hydrogen (secondary N) is 1. The maximum absolute atomic E-state index is 12.5. The molecule has 136 valence electrons. The lowest BCUT2D eigenvalue weighted by atomic mass is 9.91. The van der Waals surface area contributed by atoms with Crippen LogP contribution >= 0.6 is 0 Å². The van der Waals surface area contributed by atoms with Gasteiger partial charge in [0.05, 0.1) is 0 Å². The number of rotatable bonds is 5. The molecule has 2 heterocycles. The van der Waals surface area contributed by atoms with Crippen molar-refractivity contribution in [3.63, 3.8) is 0 Å². The lowest BCUT2D eigenvalue weighted by molar-refractivity contribution is -0.132. The summed E-state index contributed by atoms with van der Waals surface area (Å²) < 4.78 is 11.2. The van der Waals surface area contributed by atoms with Crippen LogP contribution < -0.4 is 14.8 Å². The highest BCUT2D eigenvalue weighted by Crippen LogP contribution is 2.31. The van der Waals surface area contributed by atoms with Crippen LogP contribution in [-0.2, 0) is 11.2 Å². The van der Waals surface area contributed by atoms with Crippen molar-refractivity contribution in [2.24, 2.45) is 0 Å². The Morgan fingerprint density at radius 1 is 1.04 bits per heavy atom. The van der Waals surface area contributed by atoms with Gasteiger partial charge in [-0.05, 0) is 49.8 Å². The van der Waals surface area contributed by atoms with Crippen LogP contribution in [0.3, 0.4) is 0 Å². The van der Waals surface area contributed by atoms with Crippen molar-refractivity contribution in [1.82, 2.24) is 10.2 Å². The Labute approximate surface area is 149 Å². The van der Waals surface area contributed by atoms with Crippen LogP contribution in [0.1, 0.15) is 44.1 Å². The SMILES string of the molecule is O=C(CCc1ccc2c(c1)OCCO2)N1CCC(NC2CCC2)CC1. The maximum atomic E-state index is 12.5. The summed E-state index contributed by atoms with van der Waals surface area (Å²) in [5, 5.41) is 3.74. The summed E-state index contributed by atoms with van der Waals surface area (Å²) in [5.74, 6) is 1.89. The van der Waals surface area contributed by atoms with E-state index >= 15 is 0 Å². The van der Waals surface area contributed by atoms with Gasteiger partial charge < -0.3 is 19.7 Å². The number of hydrogen-bond donors (Lipinski definition) is 1. The van der Waals surface area contributed by atoms with Crippen LogP contribution in [0.2, 0.25) is 0 Å². The van der Waals surface area contributed by atoms with Gasteiger partial charge in [-0.15, -0.1) is 0 Å². The number of carbonyl (C=O) groups excluding carboxylic acids is 1. The molecule has 0 radical (unpaired) electrons. The van der Waals surface area contributed by atoms with Gasteiger partial charge >= 0.3 is 0 Å². The fourth-order valence-corrected chi connectivity index (χ4v) is 3.86. The number of ether oxygens (including phenoxy) is 2. The van der Waals surface area contributed by atoms with Crippen molar-refractivity contribution in [3.05, 3.63) is 23.8 Å². The molecule has 0 bridgehead atoms. The van der Waals surface area contributed by atoms with E-state index in [4.69, 9.17) is 9.47 Å². The number of likely N-dealkylation sites (tertiary alicyclic amines) is 1. The molecule has 3 aliphatic rings. The molecule has 4 rings (SSSR count). The molecule has 0 spiro atoms. The summed E-state index contributed by atoms with van der Waals surface area (Å²) in [6.45, 7) is 2.99. The minimum Gasteiger partial charge on any atom is -0.486 e. The van der Waals surface area contributed by atoms with E-state index in [1.807, 2.05) is 23.1 Å². The predicted molar refractivity (Wildman–Crippen MR) is 96.1 cm³/mol. The monoisotopic (exact) mass is 344 g/mol. The smallest absolute Gasteiger partial charge is 0.222 e. The third-order valence-corrected chi connectivity index (χ3v) is 5.66. The van der Waals surface area contributed by atoms with Gasteiger partial charge in [0.25, 0.3) is 0 Å². The number of nitrogens with zero attached hydrogens (tertiary/aromatic N) is 1. The molecular weight excluding hydrogens is 316 g/mol. The highest BCUT2D eigenvalue weighted by molar-refractivity contribution is 5.76. The Morgan fingerprint density at radius 2 is 1.76 bits per heavy atom. The van der Waals surface area contributed by atoms with Gasteiger partial charge in [-0.2, -0.15) is 0 Å². The zero-order valence-electron chi connectivity index (χ0n) is 14.8. The molecule has 5 nitrogen and oxygen atoms in total. The molecule has 1 saturated carbocycles. The third-order valence-electron chi connectivity index (χ3n) is 5.66. The lowest BCUT2D eigenvalue weighted by Crippen LogP contribution is -2.49. The molecule has 25 heavy (non-hydrogen) atoms. The van der Waals surface area contributed by atoms with E-state index < -0.39 is 0 Å². The zero-order valence-corrected chi connectivity index (χ0v) is 14.8. The second-order valence-corrected chi connectivity index (χ2v) is 7.43. The summed E-state index contributed by atoms with van der Waals surface area (Å²) >= 11 is 0. The molecule has 0 aromatic heterocycles. The molecule has 0 unspecified atom stereocenters. The van der Waals surface area contributed by atoms with E-state index in [0.717, 1.165) is 55.5 Å². The predicted octanol–water partition coefficient (Wildman–Crippen LogP) is 2.52. The van der Waals surface area contributed by atoms with Gasteiger partial charge in [0.2, 0.25) is 5.91 Å². The van der Waals surface area contributed by atoms with Gasteiger partial charge in [-0.1, -0.05) is 12.5 Å². The molecule has 1 N–H and O–H groups in total. The molecule has 2 fully saturated rings. The van der Waals surface area contributed by atoms with E-state index in [9.17, 15) is 4.79 Å². The highest BCUT2D eigenvalue weighted by atomic mass is 16.6. The lowest BCUT2D eigenvalue weighted by Gasteiger charge is -2.37. The summed E-state index contributed by atoms with van der Waals surface area (Å²) in [7, 11) is 0. The maximum Gasteiger partial charge on any atom is 0.222 e. The molecule has 1 aromatic carbocycles. The number of aryl methyl sites for hydroxylation is 1. The number of piperidine rings is 1. The Hall–Kier alpha value is -1.75. The Morgan fingerprint density at radius 3 is 2.48 bits per heavy atom. The molecule has 1 aliphatic carbocycles. The van der Waals surface area contributed by atoms with E-state index in [1.165, 1.54) is 19.3 Å². The van der Waals surface area contributed by atoms with E-state index in [1.54, 1.807) is 0 Å². The van der Waals surface area contributed by atoms with Gasteiger partial charge in [0.15, 0.2) is 11.5 Å². The number of hydrogen-bond acceptors (Lipinski definition) is 4. The van der Waals surface area contributed by atoms with E-state index in [-0.39, 0.29) is 5.91 Å². The van der Waals surface area contributed by atoms with Gasteiger partial charge in [0, 0.05) is 31.6 Å².